The maximum Gasteiger partial charge on any atom is 0.303 e. The molecule has 2 aromatic carbocycles. The second-order valence-corrected chi connectivity index (χ2v) is 7.07. The molecule has 0 radical (unpaired) electrons. The molecule has 0 aromatic heterocycles. The number of nitrogens with one attached hydrogen (secondary N) is 1. The van der Waals surface area contributed by atoms with Crippen LogP contribution in [0.5, 0.6) is 0 Å². The summed E-state index contributed by atoms with van der Waals surface area (Å²) in [6, 6.07) is 12.0. The summed E-state index contributed by atoms with van der Waals surface area (Å²) in [4.78, 5) is 37.3. The average Bonchev–Trinajstić information content (AvgIpc) is 2.89. The average molecular weight is 387 g/mol. The number of anilines is 1. The van der Waals surface area contributed by atoms with Gasteiger partial charge in [0.2, 0.25) is 5.91 Å². The number of hydrogen-bond donors (Lipinski definition) is 2. The Balaban J connectivity index is 1.72. The fourth-order valence-electron chi connectivity index (χ4n) is 3.21. The van der Waals surface area contributed by atoms with Crippen molar-refractivity contribution in [3.63, 3.8) is 0 Å². The molecule has 140 valence electrons. The molecule has 1 atom stereocenters. The Morgan fingerprint density at radius 2 is 1.89 bits per heavy atom. The molecule has 0 aliphatic carbocycles. The van der Waals surface area contributed by atoms with E-state index in [0.717, 1.165) is 11.1 Å². The van der Waals surface area contributed by atoms with Crippen LogP contribution in [0.3, 0.4) is 0 Å². The van der Waals surface area contributed by atoms with Crippen LogP contribution in [-0.2, 0) is 16.1 Å². The predicted octanol–water partition coefficient (Wildman–Crippen LogP) is 3.51. The Labute approximate surface area is 161 Å². The maximum absolute atomic E-state index is 12.5. The second kappa shape index (κ2) is 7.80. The summed E-state index contributed by atoms with van der Waals surface area (Å²) in [5.74, 6) is -1.84. The molecule has 1 aliphatic rings. The zero-order valence-electron chi connectivity index (χ0n) is 14.7. The summed E-state index contributed by atoms with van der Waals surface area (Å²) in [5, 5.41) is 12.5. The zero-order valence-corrected chi connectivity index (χ0v) is 15.5. The maximum atomic E-state index is 12.5. The number of nitrogens with zero attached hydrogens (tertiary/aromatic N) is 1. The van der Waals surface area contributed by atoms with Gasteiger partial charge in [-0.15, -0.1) is 0 Å². The lowest BCUT2D eigenvalue weighted by atomic mass is 9.92. The first-order chi connectivity index (χ1) is 12.8. The van der Waals surface area contributed by atoms with Crippen LogP contribution in [-0.4, -0.2) is 34.8 Å². The third kappa shape index (κ3) is 4.46. The first-order valence-corrected chi connectivity index (χ1v) is 8.87. The molecule has 1 unspecified atom stereocenters. The first kappa shape index (κ1) is 18.9. The van der Waals surface area contributed by atoms with Crippen molar-refractivity contribution in [3.8, 4) is 0 Å². The SMILES string of the molecule is CN1Cc2ccc(NC(=O)CC(CC(=O)O)c3ccc(Cl)cc3)cc2C1=O. The molecule has 0 spiro atoms. The van der Waals surface area contributed by atoms with E-state index in [0.29, 0.717) is 22.8 Å². The van der Waals surface area contributed by atoms with Crippen molar-refractivity contribution >= 4 is 35.1 Å². The second-order valence-electron chi connectivity index (χ2n) is 6.63. The number of benzene rings is 2. The Hall–Kier alpha value is -2.86. The number of fused-ring (bicyclic) bond motifs is 1. The van der Waals surface area contributed by atoms with Crippen molar-refractivity contribution in [2.75, 3.05) is 12.4 Å². The fraction of sp³-hybridized carbons (Fsp3) is 0.250. The van der Waals surface area contributed by atoms with E-state index in [-0.39, 0.29) is 24.7 Å². The van der Waals surface area contributed by atoms with E-state index in [4.69, 9.17) is 16.7 Å². The molecule has 0 fully saturated rings. The topological polar surface area (TPSA) is 86.7 Å². The molecule has 6 nitrogen and oxygen atoms in total. The van der Waals surface area contributed by atoms with Crippen molar-refractivity contribution < 1.29 is 19.5 Å². The molecule has 1 heterocycles. The van der Waals surface area contributed by atoms with Gasteiger partial charge in [-0.2, -0.15) is 0 Å². The third-order valence-corrected chi connectivity index (χ3v) is 4.82. The van der Waals surface area contributed by atoms with E-state index in [1.807, 2.05) is 6.07 Å². The number of hydrogen-bond acceptors (Lipinski definition) is 3. The summed E-state index contributed by atoms with van der Waals surface area (Å²) in [6.07, 6.45) is -0.151. The molecule has 2 amide bonds. The Bertz CT molecular complexity index is 895. The van der Waals surface area contributed by atoms with Gasteiger partial charge in [0, 0.05) is 42.2 Å². The standard InChI is InChI=1S/C20H19ClN2O4/c1-23-11-13-4-7-16(10-17(13)20(23)27)22-18(24)8-14(9-19(25)26)12-2-5-15(21)6-3-12/h2-7,10,14H,8-9,11H2,1H3,(H,22,24)(H,25,26). The monoisotopic (exact) mass is 386 g/mol. The minimum Gasteiger partial charge on any atom is -0.481 e. The Kier molecular flexibility index (Phi) is 5.46. The minimum atomic E-state index is -0.978. The van der Waals surface area contributed by atoms with Gasteiger partial charge in [0.05, 0.1) is 6.42 Å². The third-order valence-electron chi connectivity index (χ3n) is 4.57. The summed E-state index contributed by atoms with van der Waals surface area (Å²) >= 11 is 5.88. The number of carboxylic acids is 1. The van der Waals surface area contributed by atoms with Crippen molar-refractivity contribution in [1.29, 1.82) is 0 Å². The molecule has 0 saturated heterocycles. The van der Waals surface area contributed by atoms with Gasteiger partial charge in [0.15, 0.2) is 0 Å². The highest BCUT2D eigenvalue weighted by molar-refractivity contribution is 6.30. The van der Waals surface area contributed by atoms with Crippen molar-refractivity contribution in [2.45, 2.75) is 25.3 Å². The highest BCUT2D eigenvalue weighted by Crippen LogP contribution is 2.27. The fourth-order valence-corrected chi connectivity index (χ4v) is 3.34. The molecule has 0 bridgehead atoms. The number of amides is 2. The van der Waals surface area contributed by atoms with Gasteiger partial charge in [-0.1, -0.05) is 29.8 Å². The summed E-state index contributed by atoms with van der Waals surface area (Å²) in [5.41, 5.74) is 2.76. The van der Waals surface area contributed by atoms with Gasteiger partial charge in [0.25, 0.3) is 5.91 Å². The number of carbonyl (C=O) groups excluding carboxylic acids is 2. The Morgan fingerprint density at radius 3 is 2.56 bits per heavy atom. The van der Waals surface area contributed by atoms with Crippen LogP contribution >= 0.6 is 11.6 Å². The summed E-state index contributed by atoms with van der Waals surface area (Å²) in [7, 11) is 1.73. The van der Waals surface area contributed by atoms with E-state index < -0.39 is 11.9 Å². The largest absolute Gasteiger partial charge is 0.481 e. The number of carbonyl (C=O) groups is 3. The van der Waals surface area contributed by atoms with Crippen molar-refractivity contribution in [2.24, 2.45) is 0 Å². The molecule has 1 aliphatic heterocycles. The quantitative estimate of drug-likeness (QED) is 0.795. The molecule has 3 rings (SSSR count). The van der Waals surface area contributed by atoms with Crippen LogP contribution < -0.4 is 5.32 Å². The zero-order chi connectivity index (χ0) is 19.6. The van der Waals surface area contributed by atoms with Crippen LogP contribution in [0, 0.1) is 0 Å². The lowest BCUT2D eigenvalue weighted by molar-refractivity contribution is -0.137. The summed E-state index contributed by atoms with van der Waals surface area (Å²) in [6.45, 7) is 0.555. The summed E-state index contributed by atoms with van der Waals surface area (Å²) < 4.78 is 0. The smallest absolute Gasteiger partial charge is 0.303 e. The lowest BCUT2D eigenvalue weighted by Gasteiger charge is -2.15. The lowest BCUT2D eigenvalue weighted by Crippen LogP contribution is -2.18. The predicted molar refractivity (Wildman–Crippen MR) is 102 cm³/mol. The van der Waals surface area contributed by atoms with E-state index in [1.165, 1.54) is 0 Å². The van der Waals surface area contributed by atoms with Gasteiger partial charge in [-0.3, -0.25) is 14.4 Å². The number of halogens is 1. The molecular weight excluding hydrogens is 368 g/mol. The number of carboxylic acid groups (broad SMARTS) is 1. The van der Waals surface area contributed by atoms with E-state index in [1.54, 1.807) is 48.3 Å². The first-order valence-electron chi connectivity index (χ1n) is 8.49. The van der Waals surface area contributed by atoms with Gasteiger partial charge >= 0.3 is 5.97 Å². The van der Waals surface area contributed by atoms with Gasteiger partial charge in [-0.25, -0.2) is 0 Å². The normalized spacial score (nSPS) is 14.0. The molecule has 2 N–H and O–H groups in total. The van der Waals surface area contributed by atoms with Gasteiger partial charge < -0.3 is 15.3 Å². The van der Waals surface area contributed by atoms with E-state index in [9.17, 15) is 14.4 Å². The van der Waals surface area contributed by atoms with Crippen LogP contribution in [0.2, 0.25) is 5.02 Å². The van der Waals surface area contributed by atoms with Crippen LogP contribution in [0.1, 0.15) is 40.2 Å². The van der Waals surface area contributed by atoms with E-state index >= 15 is 0 Å². The van der Waals surface area contributed by atoms with Crippen LogP contribution in [0.25, 0.3) is 0 Å². The van der Waals surface area contributed by atoms with E-state index in [2.05, 4.69) is 5.32 Å². The highest BCUT2D eigenvalue weighted by Gasteiger charge is 2.25. The van der Waals surface area contributed by atoms with Gasteiger partial charge in [-0.05, 0) is 35.4 Å². The van der Waals surface area contributed by atoms with Gasteiger partial charge in [0.1, 0.15) is 0 Å². The molecule has 7 heteroatoms. The molecule has 2 aromatic rings. The number of aliphatic carboxylic acids is 1. The molecule has 0 saturated carbocycles. The van der Waals surface area contributed by atoms with Crippen LogP contribution in [0.15, 0.2) is 42.5 Å². The molecular formula is C20H19ClN2O4. The Morgan fingerprint density at radius 1 is 1.19 bits per heavy atom. The van der Waals surface area contributed by atoms with Crippen molar-refractivity contribution in [3.05, 3.63) is 64.2 Å². The molecule has 27 heavy (non-hydrogen) atoms. The van der Waals surface area contributed by atoms with Crippen molar-refractivity contribution in [1.82, 2.24) is 4.90 Å². The number of rotatable bonds is 6. The highest BCUT2D eigenvalue weighted by atomic mass is 35.5. The minimum absolute atomic E-state index is 0.0128. The van der Waals surface area contributed by atoms with Crippen LogP contribution in [0.4, 0.5) is 5.69 Å².